The van der Waals surface area contributed by atoms with Gasteiger partial charge in [0.15, 0.2) is 0 Å². The van der Waals surface area contributed by atoms with E-state index in [2.05, 4.69) is 56.3 Å². The standard InChI is InChI=1S/C24H29N/c1-18(2)3-4-19-5-9-21(10-6-19)23-13-15-24(16-14-23)22-11-7-20(17-25)8-12-22/h5-12,18,23-24H,3-4,13-16H2,1-2H3/t23-,24-. The van der Waals surface area contributed by atoms with E-state index in [0.717, 1.165) is 11.5 Å². The number of hydrogen-bond donors (Lipinski definition) is 0. The number of nitriles is 1. The van der Waals surface area contributed by atoms with Crippen molar-refractivity contribution in [3.8, 4) is 6.07 Å². The lowest BCUT2D eigenvalue weighted by atomic mass is 9.76. The van der Waals surface area contributed by atoms with Crippen LogP contribution in [0.5, 0.6) is 0 Å². The fourth-order valence-corrected chi connectivity index (χ4v) is 4.00. The van der Waals surface area contributed by atoms with Crippen LogP contribution in [-0.4, -0.2) is 0 Å². The van der Waals surface area contributed by atoms with E-state index in [4.69, 9.17) is 5.26 Å². The molecule has 0 aliphatic heterocycles. The summed E-state index contributed by atoms with van der Waals surface area (Å²) in [6.07, 6.45) is 7.53. The van der Waals surface area contributed by atoms with Gasteiger partial charge in [-0.3, -0.25) is 0 Å². The molecule has 1 saturated carbocycles. The lowest BCUT2D eigenvalue weighted by Gasteiger charge is -2.29. The fraction of sp³-hybridized carbons (Fsp3) is 0.458. The van der Waals surface area contributed by atoms with Crippen LogP contribution in [0.25, 0.3) is 0 Å². The summed E-state index contributed by atoms with van der Waals surface area (Å²) >= 11 is 0. The van der Waals surface area contributed by atoms with Crippen molar-refractivity contribution in [2.24, 2.45) is 5.92 Å². The second kappa shape index (κ2) is 8.34. The third-order valence-electron chi connectivity index (χ3n) is 5.70. The van der Waals surface area contributed by atoms with Crippen LogP contribution in [0.1, 0.15) is 80.0 Å². The molecule has 0 saturated heterocycles. The number of nitrogens with zero attached hydrogens (tertiary/aromatic N) is 1. The Kier molecular flexibility index (Phi) is 5.92. The first-order valence-electron chi connectivity index (χ1n) is 9.74. The topological polar surface area (TPSA) is 23.8 Å². The third kappa shape index (κ3) is 4.73. The molecule has 1 aliphatic carbocycles. The van der Waals surface area contributed by atoms with E-state index in [1.807, 2.05) is 12.1 Å². The van der Waals surface area contributed by atoms with Crippen molar-refractivity contribution < 1.29 is 0 Å². The first-order valence-corrected chi connectivity index (χ1v) is 9.74. The molecule has 2 aromatic carbocycles. The second-order valence-electron chi connectivity index (χ2n) is 7.96. The Hall–Kier alpha value is -2.07. The zero-order valence-corrected chi connectivity index (χ0v) is 15.5. The highest BCUT2D eigenvalue weighted by Gasteiger charge is 2.23. The van der Waals surface area contributed by atoms with E-state index in [9.17, 15) is 0 Å². The SMILES string of the molecule is CC(C)CCc1ccc([C@H]2CC[C@H](c3ccc(C#N)cc3)CC2)cc1. The molecule has 1 fully saturated rings. The van der Waals surface area contributed by atoms with Crippen LogP contribution in [0.3, 0.4) is 0 Å². The van der Waals surface area contributed by atoms with Gasteiger partial charge in [-0.2, -0.15) is 5.26 Å². The summed E-state index contributed by atoms with van der Waals surface area (Å²) in [7, 11) is 0. The predicted octanol–water partition coefficient (Wildman–Crippen LogP) is 6.59. The largest absolute Gasteiger partial charge is 0.192 e. The van der Waals surface area contributed by atoms with Crippen molar-refractivity contribution in [3.63, 3.8) is 0 Å². The van der Waals surface area contributed by atoms with Crippen LogP contribution in [0.4, 0.5) is 0 Å². The molecule has 0 radical (unpaired) electrons. The van der Waals surface area contributed by atoms with Gasteiger partial charge >= 0.3 is 0 Å². The minimum Gasteiger partial charge on any atom is -0.192 e. The molecular weight excluding hydrogens is 302 g/mol. The maximum Gasteiger partial charge on any atom is 0.0991 e. The molecular formula is C24H29N. The average Bonchev–Trinajstić information content (AvgIpc) is 2.67. The maximum absolute atomic E-state index is 8.93. The molecule has 0 atom stereocenters. The fourth-order valence-electron chi connectivity index (χ4n) is 4.00. The highest BCUT2D eigenvalue weighted by molar-refractivity contribution is 5.33. The van der Waals surface area contributed by atoms with Gasteiger partial charge in [-0.05, 0) is 85.1 Å². The van der Waals surface area contributed by atoms with Crippen LogP contribution < -0.4 is 0 Å². The molecule has 1 aliphatic rings. The predicted molar refractivity (Wildman–Crippen MR) is 105 cm³/mol. The minimum atomic E-state index is 0.661. The van der Waals surface area contributed by atoms with Gasteiger partial charge in [0, 0.05) is 0 Å². The van der Waals surface area contributed by atoms with Gasteiger partial charge in [0.2, 0.25) is 0 Å². The molecule has 25 heavy (non-hydrogen) atoms. The minimum absolute atomic E-state index is 0.661. The van der Waals surface area contributed by atoms with Gasteiger partial charge in [-0.25, -0.2) is 0 Å². The smallest absolute Gasteiger partial charge is 0.0991 e. The summed E-state index contributed by atoms with van der Waals surface area (Å²) in [5.74, 6) is 2.15. The van der Waals surface area contributed by atoms with Crippen LogP contribution in [0.2, 0.25) is 0 Å². The van der Waals surface area contributed by atoms with Crippen LogP contribution in [-0.2, 0) is 6.42 Å². The van der Waals surface area contributed by atoms with Crippen molar-refractivity contribution >= 4 is 0 Å². The average molecular weight is 332 g/mol. The van der Waals surface area contributed by atoms with Crippen molar-refractivity contribution in [3.05, 3.63) is 70.8 Å². The molecule has 2 aromatic rings. The van der Waals surface area contributed by atoms with E-state index in [1.165, 1.54) is 55.2 Å². The molecule has 0 N–H and O–H groups in total. The van der Waals surface area contributed by atoms with Gasteiger partial charge in [-0.1, -0.05) is 50.2 Å². The summed E-state index contributed by atoms with van der Waals surface area (Å²) < 4.78 is 0. The van der Waals surface area contributed by atoms with Gasteiger partial charge in [0.25, 0.3) is 0 Å². The van der Waals surface area contributed by atoms with E-state index in [-0.39, 0.29) is 0 Å². The number of benzene rings is 2. The van der Waals surface area contributed by atoms with Gasteiger partial charge in [-0.15, -0.1) is 0 Å². The molecule has 0 amide bonds. The Morgan fingerprint density at radius 2 is 1.32 bits per heavy atom. The summed E-state index contributed by atoms with van der Waals surface area (Å²) in [5.41, 5.74) is 5.16. The van der Waals surface area contributed by atoms with Crippen molar-refractivity contribution in [1.82, 2.24) is 0 Å². The van der Waals surface area contributed by atoms with Crippen molar-refractivity contribution in [1.29, 1.82) is 5.26 Å². The lowest BCUT2D eigenvalue weighted by Crippen LogP contribution is -2.12. The molecule has 0 spiro atoms. The molecule has 1 heteroatoms. The molecule has 3 rings (SSSR count). The van der Waals surface area contributed by atoms with Crippen LogP contribution >= 0.6 is 0 Å². The highest BCUT2D eigenvalue weighted by Crippen LogP contribution is 2.40. The van der Waals surface area contributed by atoms with E-state index in [1.54, 1.807) is 0 Å². The monoisotopic (exact) mass is 331 g/mol. The highest BCUT2D eigenvalue weighted by atomic mass is 14.3. The molecule has 1 nitrogen and oxygen atoms in total. The van der Waals surface area contributed by atoms with Crippen molar-refractivity contribution in [2.75, 3.05) is 0 Å². The van der Waals surface area contributed by atoms with E-state index in [0.29, 0.717) is 11.8 Å². The first-order chi connectivity index (χ1) is 12.2. The van der Waals surface area contributed by atoms with E-state index >= 15 is 0 Å². The number of hydrogen-bond acceptors (Lipinski definition) is 1. The summed E-state index contributed by atoms with van der Waals surface area (Å²) in [5, 5.41) is 8.93. The number of rotatable bonds is 5. The quantitative estimate of drug-likeness (QED) is 0.606. The molecule has 0 bridgehead atoms. The Morgan fingerprint density at radius 1 is 0.840 bits per heavy atom. The first kappa shape index (κ1) is 17.7. The normalized spacial score (nSPS) is 20.4. The Bertz CT molecular complexity index is 695. The molecule has 0 unspecified atom stereocenters. The van der Waals surface area contributed by atoms with Crippen molar-refractivity contribution in [2.45, 2.75) is 64.2 Å². The summed E-state index contributed by atoms with van der Waals surface area (Å²) in [4.78, 5) is 0. The zero-order chi connectivity index (χ0) is 17.6. The Labute approximate surface area is 152 Å². The lowest BCUT2D eigenvalue weighted by molar-refractivity contribution is 0.396. The molecule has 0 aromatic heterocycles. The van der Waals surface area contributed by atoms with Gasteiger partial charge in [0.05, 0.1) is 11.6 Å². The Morgan fingerprint density at radius 3 is 1.76 bits per heavy atom. The third-order valence-corrected chi connectivity index (χ3v) is 5.70. The Balaban J connectivity index is 1.55. The molecule has 0 heterocycles. The summed E-state index contributed by atoms with van der Waals surface area (Å²) in [6, 6.07) is 19.8. The maximum atomic E-state index is 8.93. The van der Waals surface area contributed by atoms with E-state index < -0.39 is 0 Å². The zero-order valence-electron chi connectivity index (χ0n) is 15.5. The molecule has 130 valence electrons. The van der Waals surface area contributed by atoms with Gasteiger partial charge < -0.3 is 0 Å². The van der Waals surface area contributed by atoms with Gasteiger partial charge in [0.1, 0.15) is 0 Å². The van der Waals surface area contributed by atoms with Crippen LogP contribution in [0, 0.1) is 17.2 Å². The second-order valence-corrected chi connectivity index (χ2v) is 7.96. The van der Waals surface area contributed by atoms with Crippen LogP contribution in [0.15, 0.2) is 48.5 Å². The number of aryl methyl sites for hydroxylation is 1. The summed E-state index contributed by atoms with van der Waals surface area (Å²) in [6.45, 7) is 4.58.